The van der Waals surface area contributed by atoms with E-state index in [1.807, 2.05) is 6.92 Å². The minimum atomic E-state index is -3.81. The topological polar surface area (TPSA) is 111 Å². The van der Waals surface area contributed by atoms with E-state index in [9.17, 15) is 13.2 Å². The van der Waals surface area contributed by atoms with Crippen LogP contribution in [-0.4, -0.2) is 26.1 Å². The highest BCUT2D eigenvalue weighted by Crippen LogP contribution is 2.19. The fourth-order valence-electron chi connectivity index (χ4n) is 2.48. The van der Waals surface area contributed by atoms with Crippen molar-refractivity contribution in [1.82, 2.24) is 5.16 Å². The van der Waals surface area contributed by atoms with E-state index in [-0.39, 0.29) is 16.6 Å². The number of hydrogen-bond donors (Lipinski definition) is 2. The molecule has 0 aliphatic rings. The smallest absolute Gasteiger partial charge is 0.263 e. The van der Waals surface area contributed by atoms with Crippen LogP contribution in [0.4, 0.5) is 11.5 Å². The highest BCUT2D eigenvalue weighted by Gasteiger charge is 2.16. The molecule has 0 radical (unpaired) electrons. The molecule has 2 N–H and O–H groups in total. The van der Waals surface area contributed by atoms with Gasteiger partial charge in [0.25, 0.3) is 15.9 Å². The molecule has 0 atom stereocenters. The summed E-state index contributed by atoms with van der Waals surface area (Å²) in [6.45, 7) is 4.24. The van der Waals surface area contributed by atoms with Gasteiger partial charge < -0.3 is 14.6 Å². The van der Waals surface area contributed by atoms with Gasteiger partial charge in [0, 0.05) is 17.3 Å². The molecule has 152 valence electrons. The molecule has 0 unspecified atom stereocenters. The van der Waals surface area contributed by atoms with Crippen LogP contribution in [0.15, 0.2) is 64.0 Å². The first-order chi connectivity index (χ1) is 13.9. The second kappa shape index (κ2) is 8.78. The minimum Gasteiger partial charge on any atom is -0.494 e. The molecule has 0 saturated carbocycles. The van der Waals surface area contributed by atoms with Crippen molar-refractivity contribution >= 4 is 27.4 Å². The highest BCUT2D eigenvalue weighted by molar-refractivity contribution is 7.92. The van der Waals surface area contributed by atoms with Gasteiger partial charge in [-0.1, -0.05) is 18.1 Å². The number of nitrogens with zero attached hydrogens (tertiary/aromatic N) is 1. The number of sulfonamides is 1. The third-order valence-corrected chi connectivity index (χ3v) is 5.23. The predicted octanol–water partition coefficient (Wildman–Crippen LogP) is 3.82. The maximum Gasteiger partial charge on any atom is 0.263 e. The third-order valence-electron chi connectivity index (χ3n) is 3.86. The molecule has 0 aliphatic carbocycles. The van der Waals surface area contributed by atoms with Crippen molar-refractivity contribution in [3.8, 4) is 5.75 Å². The molecular weight excluding hydrogens is 394 g/mol. The molecule has 9 heteroatoms. The molecule has 0 saturated heterocycles. The van der Waals surface area contributed by atoms with Crippen molar-refractivity contribution in [2.75, 3.05) is 16.6 Å². The number of carbonyl (C=O) groups excluding carboxylic acids is 1. The van der Waals surface area contributed by atoms with Gasteiger partial charge in [0.1, 0.15) is 11.5 Å². The summed E-state index contributed by atoms with van der Waals surface area (Å²) in [5.74, 6) is 0.892. The van der Waals surface area contributed by atoms with Crippen molar-refractivity contribution < 1.29 is 22.5 Å². The summed E-state index contributed by atoms with van der Waals surface area (Å²) in [6, 6.07) is 14.2. The molecule has 1 aromatic heterocycles. The van der Waals surface area contributed by atoms with Gasteiger partial charge in [-0.25, -0.2) is 8.42 Å². The summed E-state index contributed by atoms with van der Waals surface area (Å²) in [5.41, 5.74) is 0.907. The van der Waals surface area contributed by atoms with Gasteiger partial charge in [-0.05, 0) is 55.8 Å². The maximum absolute atomic E-state index is 12.4. The second-order valence-corrected chi connectivity index (χ2v) is 7.97. The Morgan fingerprint density at radius 1 is 1.14 bits per heavy atom. The zero-order valence-corrected chi connectivity index (χ0v) is 16.8. The lowest BCUT2D eigenvalue weighted by Gasteiger charge is -2.09. The van der Waals surface area contributed by atoms with Crippen molar-refractivity contribution in [1.29, 1.82) is 0 Å². The molecule has 8 nitrogen and oxygen atoms in total. The van der Waals surface area contributed by atoms with Crippen LogP contribution in [0.2, 0.25) is 0 Å². The highest BCUT2D eigenvalue weighted by atomic mass is 32.2. The zero-order valence-electron chi connectivity index (χ0n) is 16.0. The number of carbonyl (C=O) groups is 1. The van der Waals surface area contributed by atoms with Crippen LogP contribution in [-0.2, 0) is 10.0 Å². The molecule has 2 aromatic carbocycles. The van der Waals surface area contributed by atoms with Gasteiger partial charge in [0.05, 0.1) is 11.5 Å². The molecule has 0 aliphatic heterocycles. The Morgan fingerprint density at radius 2 is 1.90 bits per heavy atom. The number of amides is 1. The fourth-order valence-corrected chi connectivity index (χ4v) is 3.46. The monoisotopic (exact) mass is 415 g/mol. The summed E-state index contributed by atoms with van der Waals surface area (Å²) in [5, 5.41) is 6.35. The number of rotatable bonds is 8. The zero-order chi connectivity index (χ0) is 20.9. The average molecular weight is 415 g/mol. The van der Waals surface area contributed by atoms with Gasteiger partial charge in [0.2, 0.25) is 0 Å². The maximum atomic E-state index is 12.4. The summed E-state index contributed by atoms with van der Waals surface area (Å²) in [6.07, 6.45) is 0.872. The van der Waals surface area contributed by atoms with E-state index in [2.05, 4.69) is 15.2 Å². The summed E-state index contributed by atoms with van der Waals surface area (Å²) in [7, 11) is -3.81. The molecular formula is C20H21N3O5S. The first-order valence-corrected chi connectivity index (χ1v) is 10.5. The lowest BCUT2D eigenvalue weighted by molar-refractivity contribution is 0.102. The molecule has 0 spiro atoms. The molecule has 0 fully saturated rings. The number of aromatic nitrogens is 1. The second-order valence-electron chi connectivity index (χ2n) is 6.28. The van der Waals surface area contributed by atoms with Gasteiger partial charge >= 0.3 is 0 Å². The molecule has 3 aromatic rings. The number of aryl methyl sites for hydroxylation is 1. The van der Waals surface area contributed by atoms with Crippen molar-refractivity contribution in [2.24, 2.45) is 0 Å². The van der Waals surface area contributed by atoms with E-state index < -0.39 is 10.0 Å². The summed E-state index contributed by atoms with van der Waals surface area (Å²) < 4.78 is 37.5. The summed E-state index contributed by atoms with van der Waals surface area (Å²) in [4.78, 5) is 12.5. The quantitative estimate of drug-likeness (QED) is 0.579. The van der Waals surface area contributed by atoms with Crippen LogP contribution in [0.5, 0.6) is 5.75 Å². The number of anilines is 2. The van der Waals surface area contributed by atoms with E-state index in [0.717, 1.165) is 6.42 Å². The van der Waals surface area contributed by atoms with Gasteiger partial charge in [-0.2, -0.15) is 0 Å². The van der Waals surface area contributed by atoms with Crippen molar-refractivity contribution in [2.45, 2.75) is 25.2 Å². The summed E-state index contributed by atoms with van der Waals surface area (Å²) >= 11 is 0. The van der Waals surface area contributed by atoms with E-state index in [1.54, 1.807) is 31.2 Å². The standard InChI is InChI=1S/C20H21N3O5S/c1-3-11-27-17-6-4-5-15(13-17)20(24)21-16-7-9-18(10-8-16)29(25,26)23-19-12-14(2)28-22-19/h4-10,12-13H,3,11H2,1-2H3,(H,21,24)(H,22,23). The Labute approximate surface area is 168 Å². The lowest BCUT2D eigenvalue weighted by Crippen LogP contribution is -2.14. The van der Waals surface area contributed by atoms with Crippen LogP contribution in [0, 0.1) is 6.92 Å². The van der Waals surface area contributed by atoms with E-state index in [1.165, 1.54) is 30.3 Å². The van der Waals surface area contributed by atoms with Crippen LogP contribution in [0.25, 0.3) is 0 Å². The van der Waals surface area contributed by atoms with E-state index >= 15 is 0 Å². The molecule has 29 heavy (non-hydrogen) atoms. The number of hydrogen-bond acceptors (Lipinski definition) is 6. The average Bonchev–Trinajstić information content (AvgIpc) is 3.11. The Kier molecular flexibility index (Phi) is 6.18. The molecule has 3 rings (SSSR count). The van der Waals surface area contributed by atoms with Crippen molar-refractivity contribution in [3.05, 3.63) is 65.9 Å². The van der Waals surface area contributed by atoms with Crippen LogP contribution in [0.1, 0.15) is 29.5 Å². The third kappa shape index (κ3) is 5.35. The number of ether oxygens (including phenoxy) is 1. The van der Waals surface area contributed by atoms with Gasteiger partial charge in [-0.3, -0.25) is 9.52 Å². The Bertz CT molecular complexity index is 1090. The van der Waals surface area contributed by atoms with E-state index in [0.29, 0.717) is 29.4 Å². The Balaban J connectivity index is 1.68. The number of nitrogens with one attached hydrogen (secondary N) is 2. The van der Waals surface area contributed by atoms with Crippen LogP contribution >= 0.6 is 0 Å². The van der Waals surface area contributed by atoms with Crippen LogP contribution < -0.4 is 14.8 Å². The van der Waals surface area contributed by atoms with Gasteiger partial charge in [-0.15, -0.1) is 0 Å². The normalized spacial score (nSPS) is 11.1. The molecule has 1 heterocycles. The minimum absolute atomic E-state index is 0.0334. The SMILES string of the molecule is CCCOc1cccc(C(=O)Nc2ccc(S(=O)(=O)Nc3cc(C)on3)cc2)c1. The van der Waals surface area contributed by atoms with E-state index in [4.69, 9.17) is 9.26 Å². The molecule has 0 bridgehead atoms. The van der Waals surface area contributed by atoms with Gasteiger partial charge in [0.15, 0.2) is 5.82 Å². The number of benzene rings is 2. The van der Waals surface area contributed by atoms with Crippen molar-refractivity contribution in [3.63, 3.8) is 0 Å². The van der Waals surface area contributed by atoms with Crippen LogP contribution in [0.3, 0.4) is 0 Å². The fraction of sp³-hybridized carbons (Fsp3) is 0.200. The Hall–Kier alpha value is -3.33. The first-order valence-electron chi connectivity index (χ1n) is 8.98. The predicted molar refractivity (Wildman–Crippen MR) is 109 cm³/mol. The Morgan fingerprint density at radius 3 is 2.55 bits per heavy atom. The first kappa shape index (κ1) is 20.4. The largest absolute Gasteiger partial charge is 0.494 e. The molecule has 1 amide bonds. The lowest BCUT2D eigenvalue weighted by atomic mass is 10.2.